The molecule has 2 aliphatic rings. The van der Waals surface area contributed by atoms with Gasteiger partial charge >= 0.3 is 0 Å². The molecule has 25 heteroatoms. The fourth-order valence-electron chi connectivity index (χ4n) is 7.55. The summed E-state index contributed by atoms with van der Waals surface area (Å²) in [7, 11) is 0. The van der Waals surface area contributed by atoms with Gasteiger partial charge in [0.25, 0.3) is 0 Å². The number of nitrogens with zero attached hydrogens (tertiary/aromatic N) is 2. The number of halogens is 21. The molecule has 352 valence electrons. The molecule has 0 aliphatic carbocycles. The zero-order valence-corrected chi connectivity index (χ0v) is 34.0. The van der Waals surface area contributed by atoms with E-state index in [1.165, 1.54) is 24.3 Å². The normalized spacial score (nSPS) is 12.6. The largest absolute Gasteiger partial charge is 0.355 e. The van der Waals surface area contributed by atoms with Crippen molar-refractivity contribution in [3.63, 3.8) is 0 Å². The lowest BCUT2D eigenvalue weighted by molar-refractivity contribution is 0.376. The van der Waals surface area contributed by atoms with Gasteiger partial charge in [0.2, 0.25) is 23.3 Å². The number of H-pyrrole nitrogens is 2. The minimum atomic E-state index is -3.06. The third-order valence-electron chi connectivity index (χ3n) is 10.6. The maximum Gasteiger partial charge on any atom is 0.200 e. The Kier molecular flexibility index (Phi) is 11.1. The molecule has 2 N–H and O–H groups in total. The van der Waals surface area contributed by atoms with Crippen LogP contribution >= 0.6 is 15.9 Å². The molecular formula is C44H9BrF20N4. The van der Waals surface area contributed by atoms with E-state index in [9.17, 15) is 17.6 Å². The van der Waals surface area contributed by atoms with Crippen molar-refractivity contribution in [2.45, 2.75) is 0 Å². The number of rotatable bonds is 4. The van der Waals surface area contributed by atoms with E-state index in [2.05, 4.69) is 30.9 Å². The van der Waals surface area contributed by atoms with Gasteiger partial charge in [-0.05, 0) is 58.4 Å². The van der Waals surface area contributed by atoms with Crippen molar-refractivity contribution in [2.75, 3.05) is 0 Å². The van der Waals surface area contributed by atoms with Crippen LogP contribution in [0.2, 0.25) is 0 Å². The number of aromatic nitrogens is 4. The first-order valence-electron chi connectivity index (χ1n) is 18.4. The molecule has 2 aliphatic heterocycles. The average Bonchev–Trinajstić information content (AvgIpc) is 4.12. The highest BCUT2D eigenvalue weighted by atomic mass is 79.9. The van der Waals surface area contributed by atoms with Crippen LogP contribution in [0.1, 0.15) is 28.3 Å². The molecule has 0 saturated heterocycles. The van der Waals surface area contributed by atoms with Gasteiger partial charge in [0, 0.05) is 38.8 Å². The number of nitrogens with one attached hydrogen (secondary N) is 2. The summed E-state index contributed by atoms with van der Waals surface area (Å²) in [5, 5.41) is 0. The van der Waals surface area contributed by atoms with Crippen LogP contribution in [-0.4, -0.2) is 19.9 Å². The molecule has 0 unspecified atom stereocenters. The van der Waals surface area contributed by atoms with Crippen LogP contribution in [0.4, 0.5) is 87.8 Å². The number of hydrogen-bond acceptors (Lipinski definition) is 2. The van der Waals surface area contributed by atoms with Crippen molar-refractivity contribution in [1.29, 1.82) is 0 Å². The summed E-state index contributed by atoms with van der Waals surface area (Å²) in [6, 6.07) is 5.07. The van der Waals surface area contributed by atoms with Crippen molar-refractivity contribution < 1.29 is 87.8 Å². The Morgan fingerprint density at radius 1 is 0.333 bits per heavy atom. The number of hydrogen-bond donors (Lipinski definition) is 2. The Balaban J connectivity index is 1.72. The second-order valence-corrected chi connectivity index (χ2v) is 15.2. The summed E-state index contributed by atoms with van der Waals surface area (Å²) in [5.41, 5.74) is -24.3. The molecule has 4 aromatic carbocycles. The monoisotopic (exact) mass is 1050 g/mol. The first-order valence-corrected chi connectivity index (χ1v) is 19.2. The molecule has 0 atom stereocenters. The maximum atomic E-state index is 16.5. The Morgan fingerprint density at radius 2 is 0.681 bits per heavy atom. The Bertz CT molecular complexity index is 3650. The van der Waals surface area contributed by atoms with Crippen molar-refractivity contribution >= 4 is 60.2 Å². The molecule has 3 aromatic heterocycles. The molecule has 9 rings (SSSR count). The van der Waals surface area contributed by atoms with Crippen LogP contribution in [0.5, 0.6) is 0 Å². The van der Waals surface area contributed by atoms with E-state index in [0.29, 0.717) is 6.07 Å². The summed E-state index contributed by atoms with van der Waals surface area (Å²) >= 11 is 2.80. The summed E-state index contributed by atoms with van der Waals surface area (Å²) in [5.74, 6) is -59.0. The summed E-state index contributed by atoms with van der Waals surface area (Å²) < 4.78 is 310. The lowest BCUT2D eigenvalue weighted by Gasteiger charge is -2.17. The molecule has 4 nitrogen and oxygen atoms in total. The van der Waals surface area contributed by atoms with Gasteiger partial charge in [-0.2, -0.15) is 0 Å². The van der Waals surface area contributed by atoms with Crippen molar-refractivity contribution in [1.82, 2.24) is 19.9 Å². The van der Waals surface area contributed by atoms with Gasteiger partial charge in [-0.1, -0.05) is 0 Å². The highest BCUT2D eigenvalue weighted by Crippen LogP contribution is 2.52. The molecule has 8 bridgehead atoms. The molecule has 0 fully saturated rings. The van der Waals surface area contributed by atoms with Crippen LogP contribution in [-0.2, 0) is 0 Å². The van der Waals surface area contributed by atoms with E-state index in [1.54, 1.807) is 0 Å². The predicted molar refractivity (Wildman–Crippen MR) is 207 cm³/mol. The quantitative estimate of drug-likeness (QED) is 0.105. The number of benzene rings is 4. The minimum Gasteiger partial charge on any atom is -0.355 e. The third kappa shape index (κ3) is 6.82. The van der Waals surface area contributed by atoms with E-state index in [0.717, 1.165) is 12.1 Å². The van der Waals surface area contributed by atoms with Gasteiger partial charge in [-0.15, -0.1) is 0 Å². The lowest BCUT2D eigenvalue weighted by atomic mass is 9.89. The van der Waals surface area contributed by atoms with Gasteiger partial charge in [0.1, 0.15) is 0 Å². The predicted octanol–water partition coefficient (Wildman–Crippen LogP) is 14.6. The smallest absolute Gasteiger partial charge is 0.200 e. The molecule has 5 heterocycles. The van der Waals surface area contributed by atoms with E-state index in [1.807, 2.05) is 4.98 Å². The van der Waals surface area contributed by atoms with Crippen molar-refractivity contribution in [2.24, 2.45) is 0 Å². The van der Waals surface area contributed by atoms with E-state index in [4.69, 9.17) is 0 Å². The summed E-state index contributed by atoms with van der Waals surface area (Å²) in [6.45, 7) is 0. The zero-order valence-electron chi connectivity index (χ0n) is 32.4. The Hall–Kier alpha value is -7.44. The van der Waals surface area contributed by atoms with Gasteiger partial charge < -0.3 is 9.97 Å². The van der Waals surface area contributed by atoms with Gasteiger partial charge in [0.15, 0.2) is 93.1 Å². The maximum absolute atomic E-state index is 16.5. The van der Waals surface area contributed by atoms with Crippen LogP contribution in [0.3, 0.4) is 0 Å². The van der Waals surface area contributed by atoms with E-state index in [-0.39, 0.29) is 16.7 Å². The molecule has 0 spiro atoms. The standard InChI is InChI=1S/C44H9BrF20N4/c45-22-13-7-11-4-2-9(67-11)5-8-1-3-10(66-8)6-12-14(17-23(46)31(54)39(62)32(55)24(17)47)15(18-25(48)33(56)40(63)34(57)26(18)49)43(68-12)21(20-29(52)37(60)42(65)38(61)30(20)53)44(69-13)16(22)19-27(50)35(58)41(64)36(59)28(19)51/h1-7,67-68H. The van der Waals surface area contributed by atoms with Gasteiger partial charge in [-0.25, -0.2) is 97.8 Å². The molecular weight excluding hydrogens is 1040 g/mol. The average molecular weight is 1050 g/mol. The topological polar surface area (TPSA) is 57.4 Å². The fourth-order valence-corrected chi connectivity index (χ4v) is 8.14. The second kappa shape index (κ2) is 16.4. The SMILES string of the molecule is Fc1c(F)c(F)c(C2=C(Br)c3cc4ccc(cc5nc(cc6[nH]c(c(-c7c(F)c(F)c(F)c(F)c7F)c2n3)c(-c2c(F)c(F)c(F)c(F)c2F)c6-c2c(F)c(F)c(F)c(F)c2F)C=C5)[nH]4)c(F)c1F. The minimum absolute atomic E-state index is 0.0801. The summed E-state index contributed by atoms with van der Waals surface area (Å²) in [4.78, 5) is 12.7. The molecule has 69 heavy (non-hydrogen) atoms. The summed E-state index contributed by atoms with van der Waals surface area (Å²) in [6.07, 6.45) is 2.17. The number of aromatic amines is 2. The fraction of sp³-hybridized carbons (Fsp3) is 0. The van der Waals surface area contributed by atoms with Crippen LogP contribution in [0, 0.1) is 116 Å². The first kappa shape index (κ1) is 46.7. The van der Waals surface area contributed by atoms with Gasteiger partial charge in [-0.3, -0.25) is 0 Å². The van der Waals surface area contributed by atoms with Crippen LogP contribution in [0.25, 0.3) is 77.7 Å². The Labute approximate surface area is 375 Å². The Morgan fingerprint density at radius 3 is 1.12 bits per heavy atom. The third-order valence-corrected chi connectivity index (χ3v) is 11.4. The van der Waals surface area contributed by atoms with Crippen LogP contribution in [0.15, 0.2) is 30.3 Å². The lowest BCUT2D eigenvalue weighted by Crippen LogP contribution is -2.10. The molecule has 0 amide bonds. The molecule has 0 saturated carbocycles. The zero-order chi connectivity index (χ0) is 50.1. The highest BCUT2D eigenvalue weighted by Gasteiger charge is 2.40. The highest BCUT2D eigenvalue weighted by molar-refractivity contribution is 9.15. The first-order chi connectivity index (χ1) is 32.5. The van der Waals surface area contributed by atoms with E-state index >= 15 is 70.2 Å². The molecule has 7 aromatic rings. The van der Waals surface area contributed by atoms with Gasteiger partial charge in [0.05, 0.1) is 55.0 Å². The van der Waals surface area contributed by atoms with E-state index < -0.39 is 193 Å². The van der Waals surface area contributed by atoms with Crippen molar-refractivity contribution in [3.8, 4) is 33.4 Å². The van der Waals surface area contributed by atoms with Crippen LogP contribution < -0.4 is 0 Å². The molecule has 0 radical (unpaired) electrons. The number of fused-ring (bicyclic) bond motifs is 8. The second-order valence-electron chi connectivity index (χ2n) is 14.4. The van der Waals surface area contributed by atoms with Crippen molar-refractivity contribution in [3.05, 3.63) is 175 Å².